The first-order chi connectivity index (χ1) is 17.1. The Morgan fingerprint density at radius 2 is 1.65 bits per heavy atom. The molecule has 0 radical (unpaired) electrons. The number of ether oxygens (including phenoxy) is 1. The molecule has 200 valence electrons. The molecule has 0 saturated heterocycles. The summed E-state index contributed by atoms with van der Waals surface area (Å²) in [7, 11) is -2.42. The molecule has 0 aliphatic rings. The van der Waals surface area contributed by atoms with Gasteiger partial charge in [0, 0.05) is 17.6 Å². The zero-order chi connectivity index (χ0) is 27.6. The van der Waals surface area contributed by atoms with Gasteiger partial charge < -0.3 is 4.74 Å². The van der Waals surface area contributed by atoms with E-state index in [1.807, 2.05) is 44.4 Å². The van der Waals surface area contributed by atoms with Gasteiger partial charge in [0.2, 0.25) is 0 Å². The largest absolute Gasteiger partial charge is 0.447 e. The Balaban J connectivity index is 1.80. The highest BCUT2D eigenvalue weighted by molar-refractivity contribution is 7.90. The summed E-state index contributed by atoms with van der Waals surface area (Å²) in [4.78, 5) is 13.7. The summed E-state index contributed by atoms with van der Waals surface area (Å²) < 4.78 is 73.3. The molecule has 2 aromatic carbocycles. The Hall–Kier alpha value is -3.38. The molecule has 1 heterocycles. The molecule has 0 aliphatic heterocycles. The first-order valence-electron chi connectivity index (χ1n) is 11.3. The number of aromatic nitrogens is 2. The maximum atomic E-state index is 13.4. The van der Waals surface area contributed by atoms with E-state index in [0.29, 0.717) is 12.1 Å². The predicted molar refractivity (Wildman–Crippen MR) is 133 cm³/mol. The zero-order valence-corrected chi connectivity index (χ0v) is 21.9. The Kier molecular flexibility index (Phi) is 8.03. The highest BCUT2D eigenvalue weighted by atomic mass is 32.2. The number of amides is 1. The second-order valence-electron chi connectivity index (χ2n) is 9.52. The summed E-state index contributed by atoms with van der Waals surface area (Å²) in [5, 5.41) is 3.70. The lowest BCUT2D eigenvalue weighted by Gasteiger charge is -2.31. The molecule has 1 N–H and O–H groups in total. The van der Waals surface area contributed by atoms with Crippen molar-refractivity contribution in [2.45, 2.75) is 44.3 Å². The molecule has 0 bridgehead atoms. The van der Waals surface area contributed by atoms with E-state index >= 15 is 0 Å². The third-order valence-electron chi connectivity index (χ3n) is 5.76. The van der Waals surface area contributed by atoms with Gasteiger partial charge in [-0.15, -0.1) is 0 Å². The van der Waals surface area contributed by atoms with Crippen LogP contribution in [0.2, 0.25) is 0 Å². The number of likely N-dealkylation sites (N-methyl/N-ethyl adjacent to an activating group) is 1. The van der Waals surface area contributed by atoms with Crippen LogP contribution in [0.15, 0.2) is 59.5 Å². The molecule has 0 fully saturated rings. The second-order valence-corrected chi connectivity index (χ2v) is 11.2. The third kappa shape index (κ3) is 7.10. The molecule has 0 unspecified atom stereocenters. The highest BCUT2D eigenvalue weighted by Crippen LogP contribution is 2.33. The molecule has 3 aromatic rings. The van der Waals surface area contributed by atoms with Crippen LogP contribution >= 0.6 is 0 Å². The van der Waals surface area contributed by atoms with Gasteiger partial charge in [-0.1, -0.05) is 29.8 Å². The molecule has 8 nitrogen and oxygen atoms in total. The number of hydrogen-bond donors (Lipinski definition) is 1. The number of alkyl halides is 3. The monoisotopic (exact) mass is 538 g/mol. The van der Waals surface area contributed by atoms with Crippen molar-refractivity contribution < 1.29 is 31.1 Å². The van der Waals surface area contributed by atoms with Crippen molar-refractivity contribution in [3.63, 3.8) is 0 Å². The fourth-order valence-electron chi connectivity index (χ4n) is 3.22. The summed E-state index contributed by atoms with van der Waals surface area (Å²) in [5.74, 6) is 0. The van der Waals surface area contributed by atoms with E-state index in [0.717, 1.165) is 16.3 Å². The van der Waals surface area contributed by atoms with Crippen molar-refractivity contribution >= 4 is 16.1 Å². The summed E-state index contributed by atoms with van der Waals surface area (Å²) >= 11 is 0. The highest BCUT2D eigenvalue weighted by Gasteiger charge is 2.35. The van der Waals surface area contributed by atoms with Crippen LogP contribution in [0.5, 0.6) is 0 Å². The lowest BCUT2D eigenvalue weighted by Crippen LogP contribution is -2.41. The van der Waals surface area contributed by atoms with E-state index in [4.69, 9.17) is 4.74 Å². The number of nitrogens with one attached hydrogen (secondary N) is 1. The molecular weight excluding hydrogens is 509 g/mol. The summed E-state index contributed by atoms with van der Waals surface area (Å²) in [6.45, 7) is 8.19. The Morgan fingerprint density at radius 3 is 2.19 bits per heavy atom. The molecule has 37 heavy (non-hydrogen) atoms. The van der Waals surface area contributed by atoms with Crippen LogP contribution in [-0.4, -0.2) is 54.9 Å². The molecular formula is C25H29F3N4O4S. The van der Waals surface area contributed by atoms with E-state index in [1.54, 1.807) is 24.3 Å². The summed E-state index contributed by atoms with van der Waals surface area (Å²) in [6, 6.07) is 12.8. The van der Waals surface area contributed by atoms with E-state index in [1.165, 1.54) is 24.3 Å². The zero-order valence-electron chi connectivity index (χ0n) is 21.1. The number of benzene rings is 2. The Labute approximate surface area is 214 Å². The van der Waals surface area contributed by atoms with Crippen molar-refractivity contribution in [2.75, 3.05) is 20.2 Å². The topological polar surface area (TPSA) is 93.5 Å². The minimum absolute atomic E-state index is 0.0172. The minimum atomic E-state index is -4.67. The Bertz CT molecular complexity index is 1340. The maximum absolute atomic E-state index is 13.4. The number of aryl methyl sites for hydroxylation is 1. The third-order valence-corrected chi connectivity index (χ3v) is 7.09. The fraction of sp³-hybridized carbons (Fsp3) is 0.360. The first-order valence-corrected chi connectivity index (χ1v) is 12.8. The van der Waals surface area contributed by atoms with E-state index in [9.17, 15) is 26.4 Å². The second kappa shape index (κ2) is 10.5. The maximum Gasteiger partial charge on any atom is 0.435 e. The molecule has 3 rings (SSSR count). The van der Waals surface area contributed by atoms with Gasteiger partial charge in [-0.25, -0.2) is 22.6 Å². The average Bonchev–Trinajstić information content (AvgIpc) is 3.25. The van der Waals surface area contributed by atoms with Gasteiger partial charge in [0.1, 0.15) is 6.61 Å². The molecule has 12 heteroatoms. The quantitative estimate of drug-likeness (QED) is 0.455. The fourth-order valence-corrected chi connectivity index (χ4v) is 4.11. The number of rotatable bonds is 7. The number of carbonyl (C=O) groups excluding carboxylic acids is 1. The standard InChI is InChI=1S/C25H29F3N4O4S/c1-17-6-8-18(9-7-17)21-16-22(25(26,27)28)29-32(21)19-10-12-20(13-11-19)37(34,35)30-23(33)36-15-14-31(5)24(2,3)4/h6-13,16H,14-15H2,1-5H3,(H,30,33). The van der Waals surface area contributed by atoms with Crippen LogP contribution in [0.4, 0.5) is 18.0 Å². The van der Waals surface area contributed by atoms with Crippen molar-refractivity contribution in [1.82, 2.24) is 19.4 Å². The van der Waals surface area contributed by atoms with Crippen LogP contribution in [0.25, 0.3) is 16.9 Å². The molecule has 0 aliphatic carbocycles. The van der Waals surface area contributed by atoms with Gasteiger partial charge in [0.25, 0.3) is 10.0 Å². The van der Waals surface area contributed by atoms with Crippen molar-refractivity contribution in [2.24, 2.45) is 0 Å². The van der Waals surface area contributed by atoms with Crippen LogP contribution in [0, 0.1) is 6.92 Å². The van der Waals surface area contributed by atoms with Crippen molar-refractivity contribution in [3.05, 3.63) is 65.9 Å². The number of hydrogen-bond acceptors (Lipinski definition) is 6. The van der Waals surface area contributed by atoms with Crippen LogP contribution in [0.1, 0.15) is 32.0 Å². The van der Waals surface area contributed by atoms with Crippen molar-refractivity contribution in [1.29, 1.82) is 0 Å². The lowest BCUT2D eigenvalue weighted by molar-refractivity contribution is -0.141. The molecule has 0 spiro atoms. The van der Waals surface area contributed by atoms with Crippen LogP contribution in [-0.2, 0) is 20.9 Å². The molecule has 1 aromatic heterocycles. The molecule has 1 amide bonds. The molecule has 0 saturated carbocycles. The van der Waals surface area contributed by atoms with Gasteiger partial charge >= 0.3 is 12.3 Å². The lowest BCUT2D eigenvalue weighted by atomic mass is 10.1. The SMILES string of the molecule is Cc1ccc(-c2cc(C(F)(F)F)nn2-c2ccc(S(=O)(=O)NC(=O)OCCN(C)C(C)(C)C)cc2)cc1. The number of nitrogens with zero attached hydrogens (tertiary/aromatic N) is 3. The number of halogens is 3. The van der Waals surface area contributed by atoms with Gasteiger partial charge in [0.15, 0.2) is 5.69 Å². The van der Waals surface area contributed by atoms with E-state index in [2.05, 4.69) is 5.10 Å². The van der Waals surface area contributed by atoms with Crippen LogP contribution in [0.3, 0.4) is 0 Å². The normalized spacial score (nSPS) is 12.6. The van der Waals surface area contributed by atoms with Gasteiger partial charge in [-0.2, -0.15) is 18.3 Å². The van der Waals surface area contributed by atoms with Gasteiger partial charge in [-0.3, -0.25) is 4.90 Å². The first kappa shape index (κ1) is 28.2. The minimum Gasteiger partial charge on any atom is -0.447 e. The van der Waals surface area contributed by atoms with Crippen molar-refractivity contribution in [3.8, 4) is 16.9 Å². The predicted octanol–water partition coefficient (Wildman–Crippen LogP) is 5.01. The van der Waals surface area contributed by atoms with Crippen LogP contribution < -0.4 is 4.72 Å². The molecule has 0 atom stereocenters. The van der Waals surface area contributed by atoms with Gasteiger partial charge in [0.05, 0.1) is 16.3 Å². The average molecular weight is 539 g/mol. The van der Waals surface area contributed by atoms with E-state index in [-0.39, 0.29) is 28.4 Å². The number of carbonyl (C=O) groups is 1. The van der Waals surface area contributed by atoms with E-state index < -0.39 is 28.0 Å². The summed E-state index contributed by atoms with van der Waals surface area (Å²) in [6.07, 6.45) is -5.80. The summed E-state index contributed by atoms with van der Waals surface area (Å²) in [5.41, 5.74) is 0.603. The Morgan fingerprint density at radius 1 is 1.05 bits per heavy atom. The van der Waals surface area contributed by atoms with Gasteiger partial charge in [-0.05, 0) is 65.1 Å². The number of sulfonamides is 1. The smallest absolute Gasteiger partial charge is 0.435 e.